The molecule has 18 heavy (non-hydrogen) atoms. The van der Waals surface area contributed by atoms with Gasteiger partial charge in [-0.25, -0.2) is 10.8 Å². The predicted molar refractivity (Wildman–Crippen MR) is 62.5 cm³/mol. The third kappa shape index (κ3) is 2.79. The molecule has 0 saturated carbocycles. The van der Waals surface area contributed by atoms with Gasteiger partial charge in [-0.15, -0.1) is 0 Å². The van der Waals surface area contributed by atoms with Gasteiger partial charge in [0.15, 0.2) is 5.82 Å². The van der Waals surface area contributed by atoms with Gasteiger partial charge in [-0.1, -0.05) is 0 Å². The monoisotopic (exact) mass is 251 g/mol. The van der Waals surface area contributed by atoms with Crippen molar-refractivity contribution in [1.29, 1.82) is 0 Å². The van der Waals surface area contributed by atoms with E-state index in [1.165, 1.54) is 7.11 Å². The van der Waals surface area contributed by atoms with E-state index in [4.69, 9.17) is 10.6 Å². The van der Waals surface area contributed by atoms with Gasteiger partial charge < -0.3 is 10.1 Å². The summed E-state index contributed by atoms with van der Waals surface area (Å²) in [6.45, 7) is 0.387. The van der Waals surface area contributed by atoms with Crippen LogP contribution < -0.4 is 21.3 Å². The van der Waals surface area contributed by atoms with Crippen molar-refractivity contribution in [3.05, 3.63) is 12.2 Å². The molecule has 0 saturated heterocycles. The lowest BCUT2D eigenvalue weighted by Gasteiger charge is -2.06. The smallest absolute Gasteiger partial charge is 0.322 e. The Morgan fingerprint density at radius 2 is 2.11 bits per heavy atom. The number of nitrogens with two attached hydrogens (primary N) is 1. The normalized spacial score (nSPS) is 10.2. The molecular weight excluding hydrogens is 238 g/mol. The summed E-state index contributed by atoms with van der Waals surface area (Å²) < 4.78 is 6.53. The number of aryl methyl sites for hydroxylation is 1. The second-order valence-electron chi connectivity index (χ2n) is 3.30. The van der Waals surface area contributed by atoms with Gasteiger partial charge in [-0.05, 0) is 0 Å². The van der Waals surface area contributed by atoms with Gasteiger partial charge in [0.2, 0.25) is 11.9 Å². The molecule has 10 heteroatoms. The van der Waals surface area contributed by atoms with Crippen LogP contribution in [0.1, 0.15) is 5.82 Å². The largest absolute Gasteiger partial charge is 0.467 e. The topological polar surface area (TPSA) is 129 Å². The summed E-state index contributed by atoms with van der Waals surface area (Å²) >= 11 is 0. The molecule has 2 rings (SSSR count). The van der Waals surface area contributed by atoms with E-state index in [2.05, 4.69) is 35.8 Å². The number of aromatic nitrogens is 6. The number of rotatable bonds is 5. The summed E-state index contributed by atoms with van der Waals surface area (Å²) in [4.78, 5) is 16.0. The van der Waals surface area contributed by atoms with Gasteiger partial charge in [0.05, 0.1) is 13.7 Å². The van der Waals surface area contributed by atoms with E-state index in [9.17, 15) is 0 Å². The molecule has 2 heterocycles. The highest BCUT2D eigenvalue weighted by Crippen LogP contribution is 2.10. The van der Waals surface area contributed by atoms with Crippen LogP contribution in [0.2, 0.25) is 0 Å². The van der Waals surface area contributed by atoms with Crippen molar-refractivity contribution in [3.8, 4) is 6.01 Å². The Labute approximate surface area is 103 Å². The van der Waals surface area contributed by atoms with Crippen LogP contribution >= 0.6 is 0 Å². The number of hydrazine groups is 1. The van der Waals surface area contributed by atoms with Crippen LogP contribution in [0.25, 0.3) is 0 Å². The second kappa shape index (κ2) is 5.23. The first-order chi connectivity index (χ1) is 8.71. The molecule has 0 amide bonds. The number of hydrogen-bond acceptors (Lipinski definition) is 9. The van der Waals surface area contributed by atoms with Crippen LogP contribution in [-0.4, -0.2) is 36.8 Å². The minimum Gasteiger partial charge on any atom is -0.467 e. The average Bonchev–Trinajstić information content (AvgIpc) is 2.81. The van der Waals surface area contributed by atoms with Crippen LogP contribution in [-0.2, 0) is 13.6 Å². The van der Waals surface area contributed by atoms with E-state index in [-0.39, 0.29) is 12.0 Å². The van der Waals surface area contributed by atoms with Crippen molar-refractivity contribution in [2.45, 2.75) is 6.54 Å². The molecule has 0 aromatic carbocycles. The van der Waals surface area contributed by atoms with E-state index in [1.54, 1.807) is 18.1 Å². The lowest BCUT2D eigenvalue weighted by atomic mass is 10.6. The number of nitrogen functional groups attached to an aromatic ring is 1. The molecule has 4 N–H and O–H groups in total. The number of ether oxygens (including phenoxy) is 1. The molecule has 10 nitrogen and oxygen atoms in total. The SMILES string of the molecule is COc1nc(NN)nc(NCc2ncn(C)n2)n1. The molecule has 0 radical (unpaired) electrons. The Balaban J connectivity index is 2.08. The van der Waals surface area contributed by atoms with Gasteiger partial charge in [0.1, 0.15) is 6.33 Å². The van der Waals surface area contributed by atoms with E-state index >= 15 is 0 Å². The standard InChI is InChI=1S/C8H13N9O/c1-17-4-11-5(16-17)3-10-6-12-7(15-9)14-8(13-6)18-2/h4H,3,9H2,1-2H3,(H2,10,12,13,14,15). The summed E-state index contributed by atoms with van der Waals surface area (Å²) in [7, 11) is 3.25. The van der Waals surface area contributed by atoms with Crippen molar-refractivity contribution >= 4 is 11.9 Å². The molecule has 2 aromatic heterocycles. The van der Waals surface area contributed by atoms with E-state index < -0.39 is 0 Å². The highest BCUT2D eigenvalue weighted by Gasteiger charge is 2.06. The van der Waals surface area contributed by atoms with E-state index in [0.29, 0.717) is 18.3 Å². The molecule has 0 aliphatic carbocycles. The molecule has 96 valence electrons. The van der Waals surface area contributed by atoms with Gasteiger partial charge in [-0.3, -0.25) is 10.1 Å². The Morgan fingerprint density at radius 3 is 2.72 bits per heavy atom. The maximum absolute atomic E-state index is 5.24. The molecule has 0 spiro atoms. The number of anilines is 2. The third-order valence-electron chi connectivity index (χ3n) is 1.98. The molecule has 0 bridgehead atoms. The highest BCUT2D eigenvalue weighted by atomic mass is 16.5. The maximum atomic E-state index is 5.24. The van der Waals surface area contributed by atoms with Gasteiger partial charge >= 0.3 is 6.01 Å². The molecule has 0 atom stereocenters. The van der Waals surface area contributed by atoms with Crippen LogP contribution in [0.3, 0.4) is 0 Å². The molecule has 0 unspecified atom stereocenters. The number of hydrogen-bond donors (Lipinski definition) is 3. The van der Waals surface area contributed by atoms with Gasteiger partial charge in [0.25, 0.3) is 0 Å². The zero-order valence-corrected chi connectivity index (χ0v) is 9.95. The summed E-state index contributed by atoms with van der Waals surface area (Å²) in [5.41, 5.74) is 2.33. The summed E-state index contributed by atoms with van der Waals surface area (Å²) in [5, 5.41) is 7.06. The zero-order chi connectivity index (χ0) is 13.0. The maximum Gasteiger partial charge on any atom is 0.322 e. The third-order valence-corrected chi connectivity index (χ3v) is 1.98. The first-order valence-corrected chi connectivity index (χ1v) is 5.06. The first kappa shape index (κ1) is 12.0. The minimum absolute atomic E-state index is 0.162. The lowest BCUT2D eigenvalue weighted by Crippen LogP contribution is -2.14. The van der Waals surface area contributed by atoms with Crippen molar-refractivity contribution in [2.75, 3.05) is 17.9 Å². The fourth-order valence-electron chi connectivity index (χ4n) is 1.21. The van der Waals surface area contributed by atoms with E-state index in [0.717, 1.165) is 0 Å². The molecular formula is C8H13N9O. The Morgan fingerprint density at radius 1 is 1.33 bits per heavy atom. The van der Waals surface area contributed by atoms with Crippen molar-refractivity contribution < 1.29 is 4.74 Å². The van der Waals surface area contributed by atoms with Gasteiger partial charge in [-0.2, -0.15) is 20.1 Å². The highest BCUT2D eigenvalue weighted by molar-refractivity contribution is 5.34. The van der Waals surface area contributed by atoms with Crippen molar-refractivity contribution in [1.82, 2.24) is 29.7 Å². The fraction of sp³-hybridized carbons (Fsp3) is 0.375. The Kier molecular flexibility index (Phi) is 3.48. The number of methoxy groups -OCH3 is 1. The summed E-state index contributed by atoms with van der Waals surface area (Å²) in [6, 6.07) is 0.162. The van der Waals surface area contributed by atoms with Crippen LogP contribution in [0.15, 0.2) is 6.33 Å². The average molecular weight is 251 g/mol. The van der Waals surface area contributed by atoms with Crippen molar-refractivity contribution in [3.63, 3.8) is 0 Å². The first-order valence-electron chi connectivity index (χ1n) is 5.06. The van der Waals surface area contributed by atoms with Crippen molar-refractivity contribution in [2.24, 2.45) is 12.9 Å². The van der Waals surface area contributed by atoms with E-state index in [1.807, 2.05) is 0 Å². The zero-order valence-electron chi connectivity index (χ0n) is 9.95. The predicted octanol–water partition coefficient (Wildman–Crippen LogP) is -1.09. The summed E-state index contributed by atoms with van der Waals surface area (Å²) in [5.74, 6) is 6.39. The number of nitrogens with zero attached hydrogens (tertiary/aromatic N) is 6. The second-order valence-corrected chi connectivity index (χ2v) is 3.30. The molecule has 0 fully saturated rings. The quantitative estimate of drug-likeness (QED) is 0.448. The van der Waals surface area contributed by atoms with Crippen LogP contribution in [0.5, 0.6) is 6.01 Å². The molecule has 0 aliphatic heterocycles. The lowest BCUT2D eigenvalue weighted by molar-refractivity contribution is 0.379. The Hall–Kier alpha value is -2.49. The van der Waals surface area contributed by atoms with Gasteiger partial charge in [0, 0.05) is 7.05 Å². The van der Waals surface area contributed by atoms with Crippen LogP contribution in [0.4, 0.5) is 11.9 Å². The fourth-order valence-corrected chi connectivity index (χ4v) is 1.21. The molecule has 0 aliphatic rings. The number of nitrogens with one attached hydrogen (secondary N) is 2. The molecule has 2 aromatic rings. The Bertz CT molecular complexity index is 503. The van der Waals surface area contributed by atoms with Crippen LogP contribution in [0, 0.1) is 0 Å². The minimum atomic E-state index is 0.162. The summed E-state index contributed by atoms with van der Waals surface area (Å²) in [6.07, 6.45) is 1.61.